The van der Waals surface area contributed by atoms with Gasteiger partial charge in [0.1, 0.15) is 5.83 Å². The van der Waals surface area contributed by atoms with Crippen LogP contribution in [0.2, 0.25) is 0 Å². The maximum Gasteiger partial charge on any atom is 0.213 e. The number of hydrogen-bond donors (Lipinski definition) is 0. The number of halogens is 1. The van der Waals surface area contributed by atoms with E-state index < -0.39 is 0 Å². The van der Waals surface area contributed by atoms with E-state index in [0.29, 0.717) is 17.7 Å². The number of likely N-dealkylation sites (tertiary alicyclic amines) is 1. The lowest BCUT2D eigenvalue weighted by Gasteiger charge is -2.28. The monoisotopic (exact) mass is 480 g/mol. The van der Waals surface area contributed by atoms with Crippen molar-refractivity contribution in [3.63, 3.8) is 0 Å². The van der Waals surface area contributed by atoms with Gasteiger partial charge in [0.05, 0.1) is 7.11 Å². The van der Waals surface area contributed by atoms with E-state index in [-0.39, 0.29) is 5.83 Å². The molecule has 1 saturated carbocycles. The van der Waals surface area contributed by atoms with Crippen LogP contribution in [0.1, 0.15) is 78.2 Å². The summed E-state index contributed by atoms with van der Waals surface area (Å²) in [4.78, 5) is 6.68. The average molecular weight is 481 g/mol. The normalized spacial score (nSPS) is 21.6. The van der Waals surface area contributed by atoms with Crippen LogP contribution in [0.15, 0.2) is 64.8 Å². The molecule has 0 amide bonds. The second-order valence-corrected chi connectivity index (χ2v) is 10.5. The van der Waals surface area contributed by atoms with E-state index in [1.807, 2.05) is 19.2 Å². The number of rotatable bonds is 10. The molecule has 0 spiro atoms. The van der Waals surface area contributed by atoms with Crippen LogP contribution in [0.25, 0.3) is 0 Å². The van der Waals surface area contributed by atoms with Crippen LogP contribution in [-0.2, 0) is 6.42 Å². The highest BCUT2D eigenvalue weighted by Gasteiger charge is 2.30. The van der Waals surface area contributed by atoms with Crippen LogP contribution in [-0.4, -0.2) is 30.6 Å². The molecule has 1 aliphatic carbocycles. The Morgan fingerprint density at radius 1 is 1.26 bits per heavy atom. The maximum absolute atomic E-state index is 15.4. The summed E-state index contributed by atoms with van der Waals surface area (Å²) >= 11 is 0. The average Bonchev–Trinajstić information content (AvgIpc) is 3.70. The van der Waals surface area contributed by atoms with Gasteiger partial charge in [0.25, 0.3) is 0 Å². The van der Waals surface area contributed by atoms with Gasteiger partial charge in [-0.15, -0.1) is 0 Å². The van der Waals surface area contributed by atoms with E-state index in [2.05, 4.69) is 55.9 Å². The molecule has 2 fully saturated rings. The van der Waals surface area contributed by atoms with Gasteiger partial charge < -0.3 is 9.64 Å². The Kier molecular flexibility index (Phi) is 10.2. The Hall–Kier alpha value is -2.36. The van der Waals surface area contributed by atoms with Crippen LogP contribution in [0.3, 0.4) is 0 Å². The zero-order chi connectivity index (χ0) is 25.4. The largest absolute Gasteiger partial charge is 0.481 e. The minimum absolute atomic E-state index is 0.105. The molecule has 2 unspecified atom stereocenters. The predicted molar refractivity (Wildman–Crippen MR) is 145 cm³/mol. The molecule has 192 valence electrons. The molecule has 1 aliphatic heterocycles. The molecule has 2 aliphatic rings. The summed E-state index contributed by atoms with van der Waals surface area (Å²) in [6.45, 7) is 9.31. The van der Waals surface area contributed by atoms with Crippen LogP contribution >= 0.6 is 0 Å². The molecule has 2 atom stereocenters. The summed E-state index contributed by atoms with van der Waals surface area (Å²) in [5, 5.41) is 0. The highest BCUT2D eigenvalue weighted by atomic mass is 19.1. The van der Waals surface area contributed by atoms with Crippen LogP contribution in [0, 0.1) is 17.8 Å². The third-order valence-electron chi connectivity index (χ3n) is 7.51. The highest BCUT2D eigenvalue weighted by Crippen LogP contribution is 2.42. The molecule has 2 heterocycles. The van der Waals surface area contributed by atoms with Crippen molar-refractivity contribution in [1.82, 2.24) is 9.88 Å². The second-order valence-electron chi connectivity index (χ2n) is 10.5. The van der Waals surface area contributed by atoms with E-state index in [9.17, 15) is 0 Å². The van der Waals surface area contributed by atoms with Crippen molar-refractivity contribution in [2.24, 2.45) is 17.8 Å². The van der Waals surface area contributed by atoms with Crippen molar-refractivity contribution in [2.75, 3.05) is 20.7 Å². The van der Waals surface area contributed by atoms with Crippen molar-refractivity contribution in [3.05, 3.63) is 70.4 Å². The summed E-state index contributed by atoms with van der Waals surface area (Å²) in [5.41, 5.74) is 5.53. The molecule has 4 heteroatoms. The minimum Gasteiger partial charge on any atom is -0.481 e. The quantitative estimate of drug-likeness (QED) is 0.316. The lowest BCUT2D eigenvalue weighted by atomic mass is 9.87. The standard InChI is InChI=1S/C31H45FN2O/c1-7-11-25(24-13-14-24)20-28(29(32)8-2)27(22(3)4)21-30-26(12-9-10-17-34(30)5)18-23-15-16-33-31(19-23)35-6/h8,15-16,19-21,24-26H,7,9-14,17-18H2,1-6H3/b28-20-,29-8+,30-21-. The third-order valence-corrected chi connectivity index (χ3v) is 7.51. The summed E-state index contributed by atoms with van der Waals surface area (Å²) in [7, 11) is 3.86. The van der Waals surface area contributed by atoms with Crippen molar-refractivity contribution < 1.29 is 9.13 Å². The minimum atomic E-state index is -0.105. The molecule has 0 radical (unpaired) electrons. The van der Waals surface area contributed by atoms with E-state index in [1.165, 1.54) is 36.9 Å². The van der Waals surface area contributed by atoms with Crippen molar-refractivity contribution in [1.29, 1.82) is 0 Å². The SMILES string of the molecule is C/C=C(F)\C(=C/C(CCC)C1CC1)C(/C=C1/C(Cc2ccnc(OC)c2)CCCCN1C)=C(C)C. The number of methoxy groups -OCH3 is 1. The Morgan fingerprint density at radius 2 is 2.03 bits per heavy atom. The molecule has 1 aromatic rings. The molecule has 1 aromatic heterocycles. The van der Waals surface area contributed by atoms with E-state index in [0.717, 1.165) is 54.9 Å². The number of hydrogen-bond acceptors (Lipinski definition) is 3. The molecule has 0 N–H and O–H groups in total. The lowest BCUT2D eigenvalue weighted by Crippen LogP contribution is -2.23. The van der Waals surface area contributed by atoms with Gasteiger partial charge in [-0.3, -0.25) is 0 Å². The molecular weight excluding hydrogens is 435 g/mol. The van der Waals surface area contributed by atoms with E-state index in [4.69, 9.17) is 4.74 Å². The number of nitrogens with zero attached hydrogens (tertiary/aromatic N) is 2. The fourth-order valence-corrected chi connectivity index (χ4v) is 5.36. The summed E-state index contributed by atoms with van der Waals surface area (Å²) < 4.78 is 20.8. The summed E-state index contributed by atoms with van der Waals surface area (Å²) in [5.74, 6) is 2.10. The van der Waals surface area contributed by atoms with Gasteiger partial charge >= 0.3 is 0 Å². The third kappa shape index (κ3) is 7.56. The number of allylic oxidation sites excluding steroid dienone is 8. The Bertz CT molecular complexity index is 966. The molecular formula is C31H45FN2O. The van der Waals surface area contributed by atoms with Crippen LogP contribution in [0.5, 0.6) is 5.88 Å². The van der Waals surface area contributed by atoms with Gasteiger partial charge in [0, 0.05) is 43.0 Å². The smallest absolute Gasteiger partial charge is 0.213 e. The zero-order valence-electron chi connectivity index (χ0n) is 22.7. The van der Waals surface area contributed by atoms with Crippen LogP contribution in [0.4, 0.5) is 4.39 Å². The Morgan fingerprint density at radius 3 is 2.66 bits per heavy atom. The molecule has 3 nitrogen and oxygen atoms in total. The van der Waals surface area contributed by atoms with Crippen molar-refractivity contribution >= 4 is 0 Å². The molecule has 1 saturated heterocycles. The second kappa shape index (κ2) is 13.1. The van der Waals surface area contributed by atoms with Gasteiger partial charge in [0.15, 0.2) is 0 Å². The first-order valence-electron chi connectivity index (χ1n) is 13.5. The Labute approximate surface area is 212 Å². The molecule has 35 heavy (non-hydrogen) atoms. The maximum atomic E-state index is 15.4. The molecule has 3 rings (SSSR count). The zero-order valence-corrected chi connectivity index (χ0v) is 22.7. The Balaban J connectivity index is 2.04. The number of ether oxygens (including phenoxy) is 1. The first-order valence-corrected chi connectivity index (χ1v) is 13.5. The van der Waals surface area contributed by atoms with Crippen LogP contribution < -0.4 is 4.74 Å². The van der Waals surface area contributed by atoms with Gasteiger partial charge in [-0.2, -0.15) is 0 Å². The summed E-state index contributed by atoms with van der Waals surface area (Å²) in [6.07, 6.45) is 17.3. The first kappa shape index (κ1) is 27.2. The van der Waals surface area contributed by atoms with Crippen molar-refractivity contribution in [3.8, 4) is 5.88 Å². The van der Waals surface area contributed by atoms with Gasteiger partial charge in [-0.25, -0.2) is 9.37 Å². The van der Waals surface area contributed by atoms with Crippen molar-refractivity contribution in [2.45, 2.75) is 79.1 Å². The number of pyridine rings is 1. The van der Waals surface area contributed by atoms with E-state index in [1.54, 1.807) is 13.2 Å². The molecule has 0 aromatic carbocycles. The predicted octanol–water partition coefficient (Wildman–Crippen LogP) is 8.21. The van der Waals surface area contributed by atoms with E-state index >= 15 is 4.39 Å². The first-order chi connectivity index (χ1) is 16.9. The summed E-state index contributed by atoms with van der Waals surface area (Å²) in [6, 6.07) is 4.13. The topological polar surface area (TPSA) is 25.4 Å². The van der Waals surface area contributed by atoms with Gasteiger partial charge in [-0.05, 0) is 94.4 Å². The fraction of sp³-hybridized carbons (Fsp3) is 0.581. The number of aromatic nitrogens is 1. The van der Waals surface area contributed by atoms with Gasteiger partial charge in [0.2, 0.25) is 5.88 Å². The lowest BCUT2D eigenvalue weighted by molar-refractivity contribution is 0.379. The van der Waals surface area contributed by atoms with Gasteiger partial charge in [-0.1, -0.05) is 37.5 Å². The molecule has 0 bridgehead atoms. The fourth-order valence-electron chi connectivity index (χ4n) is 5.36. The highest BCUT2D eigenvalue weighted by molar-refractivity contribution is 5.52.